The van der Waals surface area contributed by atoms with Crippen LogP contribution in [0.1, 0.15) is 26.2 Å². The average molecular weight is 199 g/mol. The SMILES string of the molecule is CC1(O)CCNCC1C1CCCOC1. The van der Waals surface area contributed by atoms with E-state index in [0.717, 1.165) is 39.1 Å². The molecule has 2 rings (SSSR count). The Kier molecular flexibility index (Phi) is 3.10. The largest absolute Gasteiger partial charge is 0.390 e. The Morgan fingerprint density at radius 2 is 2.36 bits per heavy atom. The fraction of sp³-hybridized carbons (Fsp3) is 1.00. The summed E-state index contributed by atoms with van der Waals surface area (Å²) in [6.45, 7) is 5.60. The minimum absolute atomic E-state index is 0.372. The van der Waals surface area contributed by atoms with E-state index in [2.05, 4.69) is 5.32 Å². The number of piperidine rings is 1. The molecule has 3 heteroatoms. The Balaban J connectivity index is 1.99. The first-order chi connectivity index (χ1) is 6.70. The van der Waals surface area contributed by atoms with Crippen LogP contribution >= 0.6 is 0 Å². The molecule has 2 aliphatic heterocycles. The second-order valence-electron chi connectivity index (χ2n) is 4.90. The number of rotatable bonds is 1. The van der Waals surface area contributed by atoms with Crippen LogP contribution in [0.2, 0.25) is 0 Å². The molecule has 82 valence electrons. The molecule has 3 nitrogen and oxygen atoms in total. The highest BCUT2D eigenvalue weighted by atomic mass is 16.5. The average Bonchev–Trinajstić information content (AvgIpc) is 2.18. The van der Waals surface area contributed by atoms with E-state index in [1.807, 2.05) is 6.92 Å². The second-order valence-corrected chi connectivity index (χ2v) is 4.90. The van der Waals surface area contributed by atoms with Crippen molar-refractivity contribution in [3.8, 4) is 0 Å². The van der Waals surface area contributed by atoms with Crippen LogP contribution in [-0.4, -0.2) is 37.0 Å². The second kappa shape index (κ2) is 4.17. The fourth-order valence-corrected chi connectivity index (χ4v) is 2.76. The molecule has 0 aromatic heterocycles. The van der Waals surface area contributed by atoms with Gasteiger partial charge in [-0.1, -0.05) is 0 Å². The molecular weight excluding hydrogens is 178 g/mol. The van der Waals surface area contributed by atoms with Gasteiger partial charge in [-0.25, -0.2) is 0 Å². The lowest BCUT2D eigenvalue weighted by Crippen LogP contribution is -2.52. The summed E-state index contributed by atoms with van der Waals surface area (Å²) in [5, 5.41) is 13.7. The number of aliphatic hydroxyl groups is 1. The summed E-state index contributed by atoms with van der Waals surface area (Å²) in [7, 11) is 0. The normalized spacial score (nSPS) is 45.0. The van der Waals surface area contributed by atoms with Gasteiger partial charge in [-0.3, -0.25) is 0 Å². The van der Waals surface area contributed by atoms with E-state index in [0.29, 0.717) is 11.8 Å². The van der Waals surface area contributed by atoms with Crippen LogP contribution in [-0.2, 0) is 4.74 Å². The van der Waals surface area contributed by atoms with Gasteiger partial charge in [0, 0.05) is 25.7 Å². The maximum atomic E-state index is 10.3. The molecule has 14 heavy (non-hydrogen) atoms. The van der Waals surface area contributed by atoms with Crippen molar-refractivity contribution < 1.29 is 9.84 Å². The third kappa shape index (κ3) is 2.10. The van der Waals surface area contributed by atoms with E-state index in [9.17, 15) is 5.11 Å². The van der Waals surface area contributed by atoms with Crippen LogP contribution < -0.4 is 5.32 Å². The Bertz CT molecular complexity index is 188. The molecule has 0 bridgehead atoms. The lowest BCUT2D eigenvalue weighted by molar-refractivity contribution is -0.0791. The lowest BCUT2D eigenvalue weighted by Gasteiger charge is -2.43. The van der Waals surface area contributed by atoms with Crippen molar-refractivity contribution in [1.82, 2.24) is 5.32 Å². The van der Waals surface area contributed by atoms with Gasteiger partial charge in [0.2, 0.25) is 0 Å². The van der Waals surface area contributed by atoms with Crippen molar-refractivity contribution in [3.05, 3.63) is 0 Å². The number of hydrogen-bond donors (Lipinski definition) is 2. The molecule has 3 atom stereocenters. The van der Waals surface area contributed by atoms with E-state index >= 15 is 0 Å². The van der Waals surface area contributed by atoms with Crippen molar-refractivity contribution in [2.75, 3.05) is 26.3 Å². The summed E-state index contributed by atoms with van der Waals surface area (Å²) in [6.07, 6.45) is 3.23. The molecule has 0 saturated carbocycles. The van der Waals surface area contributed by atoms with Crippen LogP contribution in [0.3, 0.4) is 0 Å². The minimum atomic E-state index is -0.489. The molecule has 0 aromatic carbocycles. The minimum Gasteiger partial charge on any atom is -0.390 e. The van der Waals surface area contributed by atoms with Gasteiger partial charge >= 0.3 is 0 Å². The van der Waals surface area contributed by atoms with Crippen molar-refractivity contribution in [1.29, 1.82) is 0 Å². The van der Waals surface area contributed by atoms with Crippen LogP contribution in [0, 0.1) is 11.8 Å². The Morgan fingerprint density at radius 1 is 1.50 bits per heavy atom. The zero-order valence-electron chi connectivity index (χ0n) is 8.96. The number of nitrogens with one attached hydrogen (secondary N) is 1. The Morgan fingerprint density at radius 3 is 3.00 bits per heavy atom. The highest BCUT2D eigenvalue weighted by Gasteiger charge is 2.39. The van der Waals surface area contributed by atoms with Crippen molar-refractivity contribution in [2.24, 2.45) is 11.8 Å². The molecule has 2 N–H and O–H groups in total. The van der Waals surface area contributed by atoms with Crippen LogP contribution in [0.15, 0.2) is 0 Å². The van der Waals surface area contributed by atoms with E-state index in [1.54, 1.807) is 0 Å². The van der Waals surface area contributed by atoms with Gasteiger partial charge in [0.05, 0.1) is 5.60 Å². The van der Waals surface area contributed by atoms with E-state index in [-0.39, 0.29) is 0 Å². The summed E-state index contributed by atoms with van der Waals surface area (Å²) in [4.78, 5) is 0. The van der Waals surface area contributed by atoms with Crippen molar-refractivity contribution >= 4 is 0 Å². The molecule has 3 unspecified atom stereocenters. The lowest BCUT2D eigenvalue weighted by atomic mass is 9.73. The summed E-state index contributed by atoms with van der Waals surface area (Å²) < 4.78 is 5.49. The van der Waals surface area contributed by atoms with Gasteiger partial charge in [0.15, 0.2) is 0 Å². The third-order valence-corrected chi connectivity index (χ3v) is 3.74. The molecule has 2 heterocycles. The molecule has 0 radical (unpaired) electrons. The topological polar surface area (TPSA) is 41.5 Å². The predicted molar refractivity (Wildman–Crippen MR) is 55.1 cm³/mol. The molecular formula is C11H21NO2. The van der Waals surface area contributed by atoms with Gasteiger partial charge in [0.25, 0.3) is 0 Å². The first kappa shape index (κ1) is 10.4. The van der Waals surface area contributed by atoms with Gasteiger partial charge in [-0.05, 0) is 38.6 Å². The van der Waals surface area contributed by atoms with Crippen LogP contribution in [0.5, 0.6) is 0 Å². The van der Waals surface area contributed by atoms with Crippen molar-refractivity contribution in [3.63, 3.8) is 0 Å². The Hall–Kier alpha value is -0.120. The molecule has 2 saturated heterocycles. The summed E-state index contributed by atoms with van der Waals surface area (Å²) >= 11 is 0. The first-order valence-electron chi connectivity index (χ1n) is 5.71. The number of hydrogen-bond acceptors (Lipinski definition) is 3. The van der Waals surface area contributed by atoms with Crippen molar-refractivity contribution in [2.45, 2.75) is 31.8 Å². The summed E-state index contributed by atoms with van der Waals surface area (Å²) in [6, 6.07) is 0. The van der Waals surface area contributed by atoms with E-state index in [4.69, 9.17) is 4.74 Å². The van der Waals surface area contributed by atoms with E-state index < -0.39 is 5.60 Å². The monoisotopic (exact) mass is 199 g/mol. The molecule has 0 aromatic rings. The highest BCUT2D eigenvalue weighted by Crippen LogP contribution is 2.34. The zero-order chi connectivity index (χ0) is 10.0. The Labute approximate surface area is 85.8 Å². The van der Waals surface area contributed by atoms with Crippen LogP contribution in [0.25, 0.3) is 0 Å². The maximum Gasteiger partial charge on any atom is 0.0675 e. The van der Waals surface area contributed by atoms with E-state index in [1.165, 1.54) is 6.42 Å². The standard InChI is InChI=1S/C11H21NO2/c1-11(13)4-5-12-7-10(11)9-3-2-6-14-8-9/h9-10,12-13H,2-8H2,1H3. The van der Waals surface area contributed by atoms with Gasteiger partial charge in [0.1, 0.15) is 0 Å². The third-order valence-electron chi connectivity index (χ3n) is 3.74. The van der Waals surface area contributed by atoms with Gasteiger partial charge in [-0.15, -0.1) is 0 Å². The molecule has 0 aliphatic carbocycles. The molecule has 0 spiro atoms. The smallest absolute Gasteiger partial charge is 0.0675 e. The predicted octanol–water partition coefficient (Wildman–Crippen LogP) is 0.773. The first-order valence-corrected chi connectivity index (χ1v) is 5.71. The molecule has 2 fully saturated rings. The van der Waals surface area contributed by atoms with Gasteiger partial charge in [-0.2, -0.15) is 0 Å². The van der Waals surface area contributed by atoms with Crippen LogP contribution in [0.4, 0.5) is 0 Å². The highest BCUT2D eigenvalue weighted by molar-refractivity contribution is 4.92. The quantitative estimate of drug-likeness (QED) is 0.655. The molecule has 0 amide bonds. The fourth-order valence-electron chi connectivity index (χ4n) is 2.76. The zero-order valence-corrected chi connectivity index (χ0v) is 8.96. The molecule has 2 aliphatic rings. The summed E-state index contributed by atoms with van der Waals surface area (Å²) in [5.74, 6) is 0.920. The summed E-state index contributed by atoms with van der Waals surface area (Å²) in [5.41, 5.74) is -0.489. The van der Waals surface area contributed by atoms with Gasteiger partial charge < -0.3 is 15.2 Å². The number of ether oxygens (including phenoxy) is 1. The maximum absolute atomic E-state index is 10.3.